The van der Waals surface area contributed by atoms with Crippen molar-refractivity contribution in [2.45, 2.75) is 350 Å². The molecule has 0 heterocycles. The molecule has 0 unspecified atom stereocenters. The summed E-state index contributed by atoms with van der Waals surface area (Å²) in [6.45, 7) is 77.5. The van der Waals surface area contributed by atoms with Gasteiger partial charge in [0.05, 0.1) is 0 Å². The lowest BCUT2D eigenvalue weighted by molar-refractivity contribution is 0.141. The van der Waals surface area contributed by atoms with Crippen molar-refractivity contribution in [3.63, 3.8) is 0 Å². The fourth-order valence-corrected chi connectivity index (χ4v) is 7.21. The maximum Gasteiger partial charge on any atom is -0.0132 e. The first-order valence-electron chi connectivity index (χ1n) is 31.1. The highest BCUT2D eigenvalue weighted by Gasteiger charge is 2.33. The van der Waals surface area contributed by atoms with Gasteiger partial charge in [-0.3, -0.25) is 0 Å². The van der Waals surface area contributed by atoms with Crippen LogP contribution in [-0.4, -0.2) is 0 Å². The molecule has 0 nitrogen and oxygen atoms in total. The Morgan fingerprint density at radius 3 is 0.714 bits per heavy atom. The summed E-state index contributed by atoms with van der Waals surface area (Å²) in [5.41, 5.74) is 4.05. The van der Waals surface area contributed by atoms with Crippen molar-refractivity contribution in [1.29, 1.82) is 0 Å². The summed E-state index contributed by atoms with van der Waals surface area (Å²) >= 11 is 0. The van der Waals surface area contributed by atoms with Crippen molar-refractivity contribution >= 4 is 0 Å². The van der Waals surface area contributed by atoms with Crippen molar-refractivity contribution < 1.29 is 0 Å². The zero-order chi connectivity index (χ0) is 57.8. The van der Waals surface area contributed by atoms with Crippen molar-refractivity contribution in [3.05, 3.63) is 48.6 Å². The molecule has 430 valence electrons. The van der Waals surface area contributed by atoms with E-state index >= 15 is 0 Å². The van der Waals surface area contributed by atoms with Gasteiger partial charge >= 0.3 is 0 Å². The van der Waals surface area contributed by atoms with E-state index in [0.717, 1.165) is 35.5 Å². The number of benzene rings is 1. The van der Waals surface area contributed by atoms with Gasteiger partial charge in [0.2, 0.25) is 0 Å². The normalized spacial score (nSPS) is 15.0. The van der Waals surface area contributed by atoms with E-state index in [-0.39, 0.29) is 0 Å². The largest absolute Gasteiger partial charge is 0.103 e. The first-order valence-corrected chi connectivity index (χ1v) is 31.1. The number of hydrogen-bond acceptors (Lipinski definition) is 0. The van der Waals surface area contributed by atoms with Crippen LogP contribution >= 0.6 is 0 Å². The zero-order valence-electron chi connectivity index (χ0n) is 56.7. The van der Waals surface area contributed by atoms with Gasteiger partial charge < -0.3 is 0 Å². The van der Waals surface area contributed by atoms with Gasteiger partial charge in [-0.25, -0.2) is 0 Å². The molecule has 0 radical (unpaired) electrons. The van der Waals surface area contributed by atoms with E-state index in [1.807, 2.05) is 90.0 Å². The quantitative estimate of drug-likeness (QED) is 0.265. The predicted octanol–water partition coefficient (Wildman–Crippen LogP) is 26.9. The second kappa shape index (κ2) is 57.2. The van der Waals surface area contributed by atoms with E-state index in [2.05, 4.69) is 182 Å². The first-order chi connectivity index (χ1) is 32.5. The van der Waals surface area contributed by atoms with E-state index in [0.29, 0.717) is 27.1 Å². The molecule has 1 aromatic rings. The lowest BCUT2D eigenvalue weighted by Crippen LogP contribution is -2.26. The number of hydrogen-bond donors (Lipinski definition) is 0. The summed E-state index contributed by atoms with van der Waals surface area (Å²) in [4.78, 5) is 0. The fraction of sp³-hybridized carbons (Fsp3) is 0.886. The van der Waals surface area contributed by atoms with Crippen LogP contribution in [0.5, 0.6) is 0 Å². The van der Waals surface area contributed by atoms with Gasteiger partial charge in [0.15, 0.2) is 0 Å². The highest BCUT2D eigenvalue weighted by atomic mass is 14.4. The lowest BCUT2D eigenvalue weighted by Gasteiger charge is -2.37. The average Bonchev–Trinajstić information content (AvgIpc) is 4.04. The van der Waals surface area contributed by atoms with E-state index in [1.54, 1.807) is 6.08 Å². The molecule has 0 aromatic heterocycles. The maximum absolute atomic E-state index is 3.36. The van der Waals surface area contributed by atoms with Gasteiger partial charge in [0, 0.05) is 0 Å². The molecule has 4 saturated carbocycles. The fourth-order valence-electron chi connectivity index (χ4n) is 7.21. The highest BCUT2D eigenvalue weighted by molar-refractivity contribution is 5.22. The van der Waals surface area contributed by atoms with Crippen molar-refractivity contribution in [3.8, 4) is 0 Å². The van der Waals surface area contributed by atoms with Crippen LogP contribution in [0.2, 0.25) is 0 Å². The first kappa shape index (κ1) is 88.6. The van der Waals surface area contributed by atoms with Crippen molar-refractivity contribution in [2.24, 2.45) is 57.2 Å². The van der Waals surface area contributed by atoms with E-state index in [4.69, 9.17) is 0 Å². The predicted molar refractivity (Wildman–Crippen MR) is 340 cm³/mol. The summed E-state index contributed by atoms with van der Waals surface area (Å²) in [7, 11) is 0. The van der Waals surface area contributed by atoms with Crippen LogP contribution in [0.1, 0.15) is 350 Å². The Morgan fingerprint density at radius 1 is 0.400 bits per heavy atom. The van der Waals surface area contributed by atoms with Crippen LogP contribution in [0, 0.1) is 57.2 Å². The molecule has 70 heavy (non-hydrogen) atoms. The zero-order valence-corrected chi connectivity index (χ0v) is 56.7. The molecule has 5 rings (SSSR count). The third kappa shape index (κ3) is 65.0. The van der Waals surface area contributed by atoms with E-state index in [9.17, 15) is 0 Å². The smallest absolute Gasteiger partial charge is 0.0132 e. The van der Waals surface area contributed by atoms with Crippen LogP contribution in [-0.2, 0) is 5.41 Å². The van der Waals surface area contributed by atoms with Crippen LogP contribution in [0.15, 0.2) is 43.0 Å². The maximum atomic E-state index is 3.36. The van der Waals surface area contributed by atoms with Crippen LogP contribution in [0.3, 0.4) is 0 Å². The Balaban J connectivity index is -0.0000000853. The summed E-state index contributed by atoms with van der Waals surface area (Å²) < 4.78 is 0. The molecule has 0 bridgehead atoms. The molecular formula is C70H150. The minimum atomic E-state index is 0.293. The summed E-state index contributed by atoms with van der Waals surface area (Å²) in [5.74, 6) is 5.91. The molecule has 1 aromatic carbocycles. The molecule has 0 saturated heterocycles. The van der Waals surface area contributed by atoms with Gasteiger partial charge in [-0.05, 0) is 126 Å². The average molecular weight is 992 g/mol. The third-order valence-electron chi connectivity index (χ3n) is 13.4. The third-order valence-corrected chi connectivity index (χ3v) is 13.4. The van der Waals surface area contributed by atoms with Crippen molar-refractivity contribution in [2.75, 3.05) is 0 Å². The van der Waals surface area contributed by atoms with Crippen LogP contribution < -0.4 is 0 Å². The van der Waals surface area contributed by atoms with Gasteiger partial charge in [-0.2, -0.15) is 0 Å². The number of allylic oxidation sites excluding steroid dienone is 1. The molecular weight excluding hydrogens is 841 g/mol. The molecule has 4 aliphatic rings. The lowest BCUT2D eigenvalue weighted by atomic mass is 9.69. The van der Waals surface area contributed by atoms with Gasteiger partial charge in [-0.15, -0.1) is 6.58 Å². The Kier molecular flexibility index (Phi) is 72.4. The molecule has 4 aliphatic carbocycles. The number of rotatable bonds is 3. The molecule has 0 N–H and O–H groups in total. The standard InChI is InChI=1S/C10H20.C10H14.C9H18.C8H16.C7H14.C6H14.C5H12.C3H6.6C2H6/c2*1-10(2,3)9-7-5-4-6-8-9;1-9(2,3)8-6-4-5-7-8;1-8(2,3)7-5-4-6-7;1-7(2,3)6-4-5-6;1-4-6(3)5-2;1-4-5(2)3;1-3-2;6*1-2/h9H,4-8H2,1-3H3;4-8H,1-3H3;8H,4-7H2,1-3H3;7H,4-6H2,1-3H3;6H,4-5H2,1-3H3;6H,4-5H2,1-3H3;5H,4H2,1-3H3;3H,1H2,2H3;6*1-2H3. The second-order valence-corrected chi connectivity index (χ2v) is 24.4. The Labute approximate surface area is 453 Å². The van der Waals surface area contributed by atoms with E-state index in [1.165, 1.54) is 115 Å². The Hall–Kier alpha value is -1.04. The highest BCUT2D eigenvalue weighted by Crippen LogP contribution is 2.44. The summed E-state index contributed by atoms with van der Waals surface area (Å²) in [6, 6.07) is 10.6. The van der Waals surface area contributed by atoms with Gasteiger partial charge in [0.25, 0.3) is 0 Å². The minimum absolute atomic E-state index is 0.293. The topological polar surface area (TPSA) is 0 Å². The molecule has 0 amide bonds. The molecule has 0 atom stereocenters. The molecule has 4 fully saturated rings. The second-order valence-electron chi connectivity index (χ2n) is 24.4. The van der Waals surface area contributed by atoms with E-state index < -0.39 is 0 Å². The SMILES string of the molecule is C=CC.CC.CC.CC.CC.CC.CC.CC(C)(C)C1CC1.CC(C)(C)C1CCC1.CC(C)(C)C1CCCC1.CC(C)(C)C1CCCCC1.CC(C)(C)c1ccccc1.CCC(C)C.CCC(C)CC. The van der Waals surface area contributed by atoms with Crippen LogP contribution in [0.4, 0.5) is 0 Å². The van der Waals surface area contributed by atoms with Gasteiger partial charge in [-0.1, -0.05) is 323 Å². The van der Waals surface area contributed by atoms with Gasteiger partial charge in [0.1, 0.15) is 0 Å². The Morgan fingerprint density at radius 2 is 0.614 bits per heavy atom. The molecule has 0 heteroatoms. The Bertz CT molecular complexity index is 1010. The molecule has 0 spiro atoms. The summed E-state index contributed by atoms with van der Waals surface area (Å²) in [6.07, 6.45) is 26.4. The minimum Gasteiger partial charge on any atom is -0.103 e. The van der Waals surface area contributed by atoms with Crippen molar-refractivity contribution in [1.82, 2.24) is 0 Å². The van der Waals surface area contributed by atoms with Crippen LogP contribution in [0.25, 0.3) is 0 Å². The monoisotopic (exact) mass is 991 g/mol. The molecule has 0 aliphatic heterocycles. The summed E-state index contributed by atoms with van der Waals surface area (Å²) in [5, 5.41) is 0.